The molecule has 0 aliphatic carbocycles. The topological polar surface area (TPSA) is 72.2 Å². The van der Waals surface area contributed by atoms with E-state index < -0.39 is 10.0 Å². The van der Waals surface area contributed by atoms with Crippen LogP contribution in [0, 0.1) is 0 Å². The van der Waals surface area contributed by atoms with Crippen LogP contribution in [-0.4, -0.2) is 25.7 Å². The van der Waals surface area contributed by atoms with Crippen molar-refractivity contribution in [3.8, 4) is 11.5 Å². The van der Waals surface area contributed by atoms with Gasteiger partial charge in [0, 0.05) is 18.5 Å². The number of aromatic nitrogens is 1. The number of oxazole rings is 1. The van der Waals surface area contributed by atoms with Crippen molar-refractivity contribution in [1.29, 1.82) is 0 Å². The summed E-state index contributed by atoms with van der Waals surface area (Å²) in [6.45, 7) is 2.17. The smallest absolute Gasteiger partial charge is 0.226 e. The monoisotopic (exact) mass is 294 g/mol. The molecule has 6 heteroatoms. The molecule has 1 heterocycles. The number of benzene rings is 1. The molecule has 108 valence electrons. The molecule has 0 aliphatic rings. The minimum Gasteiger partial charge on any atom is -0.444 e. The summed E-state index contributed by atoms with van der Waals surface area (Å²) in [5, 5.41) is 0. The van der Waals surface area contributed by atoms with Gasteiger partial charge >= 0.3 is 0 Å². The van der Waals surface area contributed by atoms with Crippen LogP contribution in [0.5, 0.6) is 0 Å². The molecule has 0 amide bonds. The summed E-state index contributed by atoms with van der Waals surface area (Å²) in [5.74, 6) is 0.707. The maximum atomic E-state index is 11.5. The van der Waals surface area contributed by atoms with Gasteiger partial charge in [-0.2, -0.15) is 0 Å². The Labute approximate surface area is 119 Å². The lowest BCUT2D eigenvalue weighted by Gasteiger charge is -2.03. The zero-order valence-corrected chi connectivity index (χ0v) is 12.2. The molecule has 0 radical (unpaired) electrons. The van der Waals surface area contributed by atoms with Gasteiger partial charge in [-0.05, 0) is 18.6 Å². The fourth-order valence-electron chi connectivity index (χ4n) is 1.81. The Balaban J connectivity index is 1.91. The fourth-order valence-corrected chi connectivity index (χ4v) is 2.91. The Morgan fingerprint density at radius 1 is 1.25 bits per heavy atom. The maximum Gasteiger partial charge on any atom is 0.226 e. The van der Waals surface area contributed by atoms with Gasteiger partial charge in [0.2, 0.25) is 15.9 Å². The normalized spacial score (nSPS) is 11.7. The van der Waals surface area contributed by atoms with E-state index in [-0.39, 0.29) is 5.75 Å². The number of nitrogens with one attached hydrogen (secondary N) is 1. The lowest BCUT2D eigenvalue weighted by atomic mass is 10.2. The Bertz CT molecular complexity index is 635. The summed E-state index contributed by atoms with van der Waals surface area (Å²) in [6, 6.07) is 9.59. The van der Waals surface area contributed by atoms with Crippen LogP contribution < -0.4 is 4.72 Å². The molecule has 1 N–H and O–H groups in total. The molecule has 0 aliphatic heterocycles. The molecule has 0 spiro atoms. The number of hydrogen-bond acceptors (Lipinski definition) is 4. The van der Waals surface area contributed by atoms with Crippen molar-refractivity contribution in [3.63, 3.8) is 0 Å². The second-order valence-electron chi connectivity index (χ2n) is 4.47. The Hall–Kier alpha value is -1.66. The van der Waals surface area contributed by atoms with Gasteiger partial charge in [-0.1, -0.05) is 25.1 Å². The molecular weight excluding hydrogens is 276 g/mol. The number of rotatable bonds is 7. The molecule has 0 fully saturated rings. The molecule has 1 aromatic carbocycles. The molecule has 0 saturated heterocycles. The molecule has 1 aromatic heterocycles. The van der Waals surface area contributed by atoms with Crippen LogP contribution in [-0.2, 0) is 16.4 Å². The first-order chi connectivity index (χ1) is 9.61. The Morgan fingerprint density at radius 2 is 2.00 bits per heavy atom. The van der Waals surface area contributed by atoms with Crippen LogP contribution in [0.3, 0.4) is 0 Å². The van der Waals surface area contributed by atoms with Crippen LogP contribution in [0.2, 0.25) is 0 Å². The molecule has 0 bridgehead atoms. The first-order valence-corrected chi connectivity index (χ1v) is 8.23. The molecule has 0 atom stereocenters. The minimum absolute atomic E-state index is 0.154. The van der Waals surface area contributed by atoms with Crippen LogP contribution in [0.15, 0.2) is 41.0 Å². The molecule has 5 nitrogen and oxygen atoms in total. The van der Waals surface area contributed by atoms with Crippen LogP contribution in [0.1, 0.15) is 19.0 Å². The van der Waals surface area contributed by atoms with Gasteiger partial charge in [-0.15, -0.1) is 0 Å². The van der Waals surface area contributed by atoms with E-state index in [1.807, 2.05) is 37.3 Å². The number of sulfonamides is 1. The van der Waals surface area contributed by atoms with Crippen molar-refractivity contribution in [2.45, 2.75) is 19.8 Å². The quantitative estimate of drug-likeness (QED) is 0.850. The van der Waals surface area contributed by atoms with Gasteiger partial charge in [0.15, 0.2) is 0 Å². The molecule has 2 aromatic rings. The van der Waals surface area contributed by atoms with Crippen molar-refractivity contribution in [2.75, 3.05) is 12.3 Å². The Morgan fingerprint density at radius 3 is 2.70 bits per heavy atom. The average molecular weight is 294 g/mol. The van der Waals surface area contributed by atoms with Crippen molar-refractivity contribution in [1.82, 2.24) is 9.71 Å². The van der Waals surface area contributed by atoms with Gasteiger partial charge in [-0.3, -0.25) is 0 Å². The van der Waals surface area contributed by atoms with Gasteiger partial charge < -0.3 is 4.42 Å². The second-order valence-corrected chi connectivity index (χ2v) is 6.40. The van der Waals surface area contributed by atoms with E-state index in [2.05, 4.69) is 9.71 Å². The lowest BCUT2D eigenvalue weighted by molar-refractivity contribution is 0.570. The molecule has 0 unspecified atom stereocenters. The van der Waals surface area contributed by atoms with Gasteiger partial charge in [0.05, 0.1) is 11.4 Å². The summed E-state index contributed by atoms with van der Waals surface area (Å²) < 4.78 is 30.9. The van der Waals surface area contributed by atoms with E-state index in [1.54, 1.807) is 6.26 Å². The second kappa shape index (κ2) is 6.67. The molecule has 0 saturated carbocycles. The van der Waals surface area contributed by atoms with Crippen molar-refractivity contribution in [3.05, 3.63) is 42.3 Å². The summed E-state index contributed by atoms with van der Waals surface area (Å²) in [6.07, 6.45) is 2.69. The van der Waals surface area contributed by atoms with Gasteiger partial charge in [-0.25, -0.2) is 18.1 Å². The predicted molar refractivity (Wildman–Crippen MR) is 77.7 cm³/mol. The average Bonchev–Trinajstić information content (AvgIpc) is 2.88. The zero-order chi connectivity index (χ0) is 14.4. The number of nitrogens with zero attached hydrogens (tertiary/aromatic N) is 1. The maximum absolute atomic E-state index is 11.5. The fraction of sp³-hybridized carbons (Fsp3) is 0.357. The summed E-state index contributed by atoms with van der Waals surface area (Å²) in [5.41, 5.74) is 1.65. The third-order valence-electron chi connectivity index (χ3n) is 2.75. The van der Waals surface area contributed by atoms with Crippen molar-refractivity contribution in [2.24, 2.45) is 0 Å². The summed E-state index contributed by atoms with van der Waals surface area (Å²) in [4.78, 5) is 4.34. The molecular formula is C14H18N2O3S. The van der Waals surface area contributed by atoms with Crippen LogP contribution in [0.25, 0.3) is 11.5 Å². The van der Waals surface area contributed by atoms with Crippen LogP contribution >= 0.6 is 0 Å². The highest BCUT2D eigenvalue weighted by Crippen LogP contribution is 2.17. The third-order valence-corrected chi connectivity index (χ3v) is 4.34. The lowest BCUT2D eigenvalue weighted by Crippen LogP contribution is -2.28. The minimum atomic E-state index is -3.16. The van der Waals surface area contributed by atoms with Gasteiger partial charge in [0.25, 0.3) is 0 Å². The van der Waals surface area contributed by atoms with E-state index >= 15 is 0 Å². The predicted octanol–water partition coefficient (Wildman–Crippen LogP) is 2.21. The standard InChI is InChI=1S/C14H18N2O3S/c1-2-10-20(17,18)15-9-8-13-11-19-14(16-13)12-6-4-3-5-7-12/h3-7,11,15H,2,8-10H2,1H3. The van der Waals surface area contributed by atoms with Crippen molar-refractivity contribution >= 4 is 10.0 Å². The molecule has 2 rings (SSSR count). The summed E-state index contributed by atoms with van der Waals surface area (Å²) in [7, 11) is -3.16. The highest BCUT2D eigenvalue weighted by molar-refractivity contribution is 7.89. The largest absolute Gasteiger partial charge is 0.444 e. The first kappa shape index (κ1) is 14.7. The zero-order valence-electron chi connectivity index (χ0n) is 11.4. The first-order valence-electron chi connectivity index (χ1n) is 6.58. The van der Waals surface area contributed by atoms with E-state index in [1.165, 1.54) is 0 Å². The SMILES string of the molecule is CCCS(=O)(=O)NCCc1coc(-c2ccccc2)n1. The Kier molecular flexibility index (Phi) is 4.92. The van der Waals surface area contributed by atoms with E-state index in [0.717, 1.165) is 11.3 Å². The van der Waals surface area contributed by atoms with Crippen molar-refractivity contribution < 1.29 is 12.8 Å². The number of hydrogen-bond donors (Lipinski definition) is 1. The highest BCUT2D eigenvalue weighted by atomic mass is 32.2. The highest BCUT2D eigenvalue weighted by Gasteiger charge is 2.09. The van der Waals surface area contributed by atoms with E-state index in [4.69, 9.17) is 4.42 Å². The van der Waals surface area contributed by atoms with Gasteiger partial charge in [0.1, 0.15) is 6.26 Å². The molecule has 20 heavy (non-hydrogen) atoms. The van der Waals surface area contributed by atoms with E-state index in [9.17, 15) is 8.42 Å². The third kappa shape index (κ3) is 4.18. The van der Waals surface area contributed by atoms with Crippen LogP contribution in [0.4, 0.5) is 0 Å². The van der Waals surface area contributed by atoms with E-state index in [0.29, 0.717) is 25.3 Å². The summed E-state index contributed by atoms with van der Waals surface area (Å²) >= 11 is 0.